The second-order valence-electron chi connectivity index (χ2n) is 7.46. The monoisotopic (exact) mass is 375 g/mol. The summed E-state index contributed by atoms with van der Waals surface area (Å²) in [6.07, 6.45) is 5.28. The second kappa shape index (κ2) is 11.3. The lowest BCUT2D eigenvalue weighted by Crippen LogP contribution is -2.44. The van der Waals surface area contributed by atoms with Crippen LogP contribution in [-0.2, 0) is 6.42 Å². The highest BCUT2D eigenvalue weighted by Gasteiger charge is 2.25. The van der Waals surface area contributed by atoms with Gasteiger partial charge in [0, 0.05) is 24.7 Å². The molecule has 0 saturated heterocycles. The molecular formula is C22H37N3O2. The summed E-state index contributed by atoms with van der Waals surface area (Å²) in [4.78, 5) is 15.2. The Morgan fingerprint density at radius 1 is 1.04 bits per heavy atom. The second-order valence-corrected chi connectivity index (χ2v) is 7.46. The highest BCUT2D eigenvalue weighted by molar-refractivity contribution is 5.94. The number of rotatable bonds is 11. The van der Waals surface area contributed by atoms with Gasteiger partial charge in [0.2, 0.25) is 0 Å². The van der Waals surface area contributed by atoms with Crippen molar-refractivity contribution in [3.63, 3.8) is 0 Å². The number of nitrogens with zero attached hydrogens (tertiary/aromatic N) is 2. The number of ether oxygens (including phenoxy) is 1. The Morgan fingerprint density at radius 3 is 2.26 bits per heavy atom. The van der Waals surface area contributed by atoms with E-state index in [9.17, 15) is 4.79 Å². The van der Waals surface area contributed by atoms with Crippen LogP contribution in [0, 0.1) is 0 Å². The van der Waals surface area contributed by atoms with Gasteiger partial charge in [0.05, 0.1) is 0 Å². The third kappa shape index (κ3) is 6.22. The van der Waals surface area contributed by atoms with Gasteiger partial charge < -0.3 is 4.74 Å². The third-order valence-electron chi connectivity index (χ3n) is 4.99. The fraction of sp³-hybridized carbons (Fsp3) is 0.682. The van der Waals surface area contributed by atoms with Crippen molar-refractivity contribution in [3.8, 4) is 5.75 Å². The quantitative estimate of drug-likeness (QED) is 0.596. The van der Waals surface area contributed by atoms with Gasteiger partial charge in [0.25, 0.3) is 5.91 Å². The zero-order valence-electron chi connectivity index (χ0n) is 17.6. The van der Waals surface area contributed by atoms with Crippen LogP contribution in [0.5, 0.6) is 5.75 Å². The van der Waals surface area contributed by atoms with Crippen LogP contribution in [0.15, 0.2) is 18.2 Å². The summed E-state index contributed by atoms with van der Waals surface area (Å²) in [6, 6.07) is 6.24. The summed E-state index contributed by atoms with van der Waals surface area (Å²) in [5.74, 6) is 0.899. The molecule has 0 fully saturated rings. The van der Waals surface area contributed by atoms with Gasteiger partial charge >= 0.3 is 0 Å². The van der Waals surface area contributed by atoms with Crippen molar-refractivity contribution in [2.75, 3.05) is 32.8 Å². The number of carbonyl (C=O) groups is 1. The van der Waals surface area contributed by atoms with Crippen LogP contribution >= 0.6 is 0 Å². The Hall–Kier alpha value is -1.59. The van der Waals surface area contributed by atoms with E-state index in [0.717, 1.165) is 76.2 Å². The van der Waals surface area contributed by atoms with Gasteiger partial charge in [-0.15, -0.1) is 0 Å². The highest BCUT2D eigenvalue weighted by Crippen LogP contribution is 2.28. The van der Waals surface area contributed by atoms with Gasteiger partial charge in [-0.3, -0.25) is 15.1 Å². The molecule has 1 aromatic carbocycles. The maximum Gasteiger partial charge on any atom is 0.265 e. The van der Waals surface area contributed by atoms with Gasteiger partial charge in [-0.1, -0.05) is 27.7 Å². The maximum absolute atomic E-state index is 12.7. The largest absolute Gasteiger partial charge is 0.492 e. The molecule has 152 valence electrons. The topological polar surface area (TPSA) is 44.8 Å². The van der Waals surface area contributed by atoms with Crippen LogP contribution in [-0.4, -0.2) is 54.6 Å². The number of hydrogen-bond donors (Lipinski definition) is 1. The molecule has 1 amide bonds. The molecule has 0 radical (unpaired) electrons. The smallest absolute Gasteiger partial charge is 0.265 e. The molecule has 5 nitrogen and oxygen atoms in total. The Morgan fingerprint density at radius 2 is 1.67 bits per heavy atom. The first-order valence-corrected chi connectivity index (χ1v) is 10.7. The molecule has 0 aromatic heterocycles. The van der Waals surface area contributed by atoms with E-state index >= 15 is 0 Å². The molecule has 0 saturated carbocycles. The molecular weight excluding hydrogens is 338 g/mol. The van der Waals surface area contributed by atoms with Crippen molar-refractivity contribution in [1.82, 2.24) is 15.3 Å². The van der Waals surface area contributed by atoms with Crippen molar-refractivity contribution in [2.45, 2.75) is 65.8 Å². The zero-order valence-corrected chi connectivity index (χ0v) is 17.6. The summed E-state index contributed by atoms with van der Waals surface area (Å²) >= 11 is 0. The van der Waals surface area contributed by atoms with Crippen LogP contribution in [0.1, 0.15) is 69.3 Å². The van der Waals surface area contributed by atoms with E-state index in [1.54, 1.807) is 0 Å². The van der Waals surface area contributed by atoms with Crippen molar-refractivity contribution in [2.24, 2.45) is 0 Å². The van der Waals surface area contributed by atoms with Crippen molar-refractivity contribution in [1.29, 1.82) is 0 Å². The van der Waals surface area contributed by atoms with Crippen LogP contribution in [0.3, 0.4) is 0 Å². The number of amides is 1. The lowest BCUT2D eigenvalue weighted by molar-refractivity contribution is 0.0787. The highest BCUT2D eigenvalue weighted by atomic mass is 16.5. The van der Waals surface area contributed by atoms with Gasteiger partial charge in [0.1, 0.15) is 12.4 Å². The van der Waals surface area contributed by atoms with E-state index in [1.165, 1.54) is 0 Å². The Labute approximate surface area is 165 Å². The molecule has 1 atom stereocenters. The Kier molecular flexibility index (Phi) is 9.08. The first kappa shape index (κ1) is 21.7. The number of carbonyl (C=O) groups excluding carboxylic acids is 1. The van der Waals surface area contributed by atoms with Crippen molar-refractivity contribution in [3.05, 3.63) is 29.3 Å². The Balaban J connectivity index is 2.08. The Bertz CT molecular complexity index is 579. The van der Waals surface area contributed by atoms with Gasteiger partial charge in [-0.25, -0.2) is 5.01 Å². The van der Waals surface area contributed by atoms with Gasteiger partial charge in [-0.05, 0) is 69.0 Å². The minimum atomic E-state index is -0.0270. The fourth-order valence-electron chi connectivity index (χ4n) is 3.78. The summed E-state index contributed by atoms with van der Waals surface area (Å²) in [7, 11) is 0. The molecule has 27 heavy (non-hydrogen) atoms. The first-order valence-electron chi connectivity index (χ1n) is 10.7. The molecule has 1 unspecified atom stereocenters. The van der Waals surface area contributed by atoms with Crippen LogP contribution < -0.4 is 10.2 Å². The van der Waals surface area contributed by atoms with Crippen LogP contribution in [0.2, 0.25) is 0 Å². The number of fused-ring (bicyclic) bond motifs is 1. The fourth-order valence-corrected chi connectivity index (χ4v) is 3.78. The van der Waals surface area contributed by atoms with Crippen molar-refractivity contribution < 1.29 is 9.53 Å². The first-order chi connectivity index (χ1) is 13.1. The molecule has 0 aliphatic carbocycles. The number of hydrogen-bond acceptors (Lipinski definition) is 4. The normalized spacial score (nSPS) is 16.3. The van der Waals surface area contributed by atoms with Crippen LogP contribution in [0.25, 0.3) is 0 Å². The molecule has 1 N–H and O–H groups in total. The van der Waals surface area contributed by atoms with Crippen molar-refractivity contribution >= 4 is 5.91 Å². The molecule has 1 aliphatic rings. The molecule has 2 rings (SSSR count). The molecule has 0 spiro atoms. The van der Waals surface area contributed by atoms with E-state index in [4.69, 9.17) is 4.74 Å². The number of nitrogens with one attached hydrogen (secondary N) is 1. The van der Waals surface area contributed by atoms with E-state index < -0.39 is 0 Å². The average Bonchev–Trinajstić information content (AvgIpc) is 2.67. The maximum atomic E-state index is 12.7. The zero-order chi connectivity index (χ0) is 19.6. The van der Waals surface area contributed by atoms with Gasteiger partial charge in [-0.2, -0.15) is 0 Å². The molecule has 1 heterocycles. The van der Waals surface area contributed by atoms with E-state index in [-0.39, 0.29) is 5.91 Å². The lowest BCUT2D eigenvalue weighted by Gasteiger charge is -2.35. The minimum absolute atomic E-state index is 0.0270. The lowest BCUT2D eigenvalue weighted by atomic mass is 9.98. The molecule has 1 aliphatic heterocycles. The molecule has 0 bridgehead atoms. The summed E-state index contributed by atoms with van der Waals surface area (Å²) < 4.78 is 6.02. The SMILES string of the molecule is CCCN(CCC)NC(=O)c1ccc2c(c1)CC(N(CCC)CCC)CO2. The predicted molar refractivity (Wildman–Crippen MR) is 111 cm³/mol. The summed E-state index contributed by atoms with van der Waals surface area (Å²) in [5.41, 5.74) is 4.92. The van der Waals surface area contributed by atoms with E-state index in [1.807, 2.05) is 23.2 Å². The summed E-state index contributed by atoms with van der Waals surface area (Å²) in [5, 5.41) is 2.02. The van der Waals surface area contributed by atoms with Crippen LogP contribution in [0.4, 0.5) is 0 Å². The molecule has 5 heteroatoms. The predicted octanol–water partition coefficient (Wildman–Crippen LogP) is 3.88. The third-order valence-corrected chi connectivity index (χ3v) is 4.99. The number of hydrazine groups is 1. The minimum Gasteiger partial charge on any atom is -0.492 e. The standard InChI is InChI=1S/C22H37N3O2/c1-5-11-24(12-6-2)20-16-19-15-18(9-10-21(19)27-17-20)22(26)23-25(13-7-3)14-8-4/h9-10,15,20H,5-8,11-14,16-17H2,1-4H3,(H,23,26). The van der Waals surface area contributed by atoms with Gasteiger partial charge in [0.15, 0.2) is 0 Å². The van der Waals surface area contributed by atoms with E-state index in [0.29, 0.717) is 11.6 Å². The average molecular weight is 376 g/mol. The number of benzene rings is 1. The van der Waals surface area contributed by atoms with E-state index in [2.05, 4.69) is 38.0 Å². The molecule has 1 aromatic rings. The summed E-state index contributed by atoms with van der Waals surface area (Å²) in [6.45, 7) is 13.4.